The van der Waals surface area contributed by atoms with Crippen LogP contribution in [0.3, 0.4) is 0 Å². The highest BCUT2D eigenvalue weighted by Gasteiger charge is 2.11. The standard InChI is InChI=1S/C24H29N5O/c1-2-25-24(26-13-10-19-8-9-23-21(16-19)12-15-30-23)27-14-11-20-17-28-29(18-20)22-6-4-3-5-7-22/h3-9,16-18H,2,10-15H2,1H3,(H2,25,26,27). The Morgan fingerprint density at radius 1 is 1.10 bits per heavy atom. The zero-order valence-corrected chi connectivity index (χ0v) is 17.5. The fourth-order valence-electron chi connectivity index (χ4n) is 3.57. The van der Waals surface area contributed by atoms with E-state index in [-0.39, 0.29) is 0 Å². The van der Waals surface area contributed by atoms with Crippen molar-refractivity contribution in [3.05, 3.63) is 77.6 Å². The number of rotatable bonds is 8. The Morgan fingerprint density at radius 2 is 2.00 bits per heavy atom. The molecule has 6 nitrogen and oxygen atoms in total. The Bertz CT molecular complexity index is 980. The number of guanidine groups is 1. The lowest BCUT2D eigenvalue weighted by atomic mass is 10.1. The fourth-order valence-corrected chi connectivity index (χ4v) is 3.57. The molecule has 1 aromatic heterocycles. The Kier molecular flexibility index (Phi) is 6.65. The second-order valence-electron chi connectivity index (χ2n) is 7.36. The van der Waals surface area contributed by atoms with Gasteiger partial charge in [-0.05, 0) is 54.7 Å². The summed E-state index contributed by atoms with van der Waals surface area (Å²) in [4.78, 5) is 4.73. The Balaban J connectivity index is 1.27. The summed E-state index contributed by atoms with van der Waals surface area (Å²) in [7, 11) is 0. The number of nitrogens with one attached hydrogen (secondary N) is 2. The van der Waals surface area contributed by atoms with Crippen molar-refractivity contribution in [3.63, 3.8) is 0 Å². The predicted molar refractivity (Wildman–Crippen MR) is 121 cm³/mol. The molecule has 0 unspecified atom stereocenters. The third-order valence-corrected chi connectivity index (χ3v) is 5.13. The summed E-state index contributed by atoms with van der Waals surface area (Å²) in [6, 6.07) is 16.6. The molecule has 0 bridgehead atoms. The minimum Gasteiger partial charge on any atom is -0.493 e. The molecule has 0 fully saturated rings. The monoisotopic (exact) mass is 403 g/mol. The van der Waals surface area contributed by atoms with Crippen molar-refractivity contribution in [1.82, 2.24) is 20.4 Å². The molecule has 1 aliphatic rings. The van der Waals surface area contributed by atoms with E-state index in [1.54, 1.807) is 0 Å². The van der Waals surface area contributed by atoms with Crippen molar-refractivity contribution in [1.29, 1.82) is 0 Å². The molecule has 2 heterocycles. The number of hydrogen-bond donors (Lipinski definition) is 2. The van der Waals surface area contributed by atoms with Gasteiger partial charge in [-0.2, -0.15) is 5.10 Å². The minimum absolute atomic E-state index is 0.751. The molecule has 0 saturated carbocycles. The van der Waals surface area contributed by atoms with Gasteiger partial charge in [-0.1, -0.05) is 30.3 Å². The molecule has 6 heteroatoms. The van der Waals surface area contributed by atoms with Gasteiger partial charge in [-0.3, -0.25) is 4.99 Å². The summed E-state index contributed by atoms with van der Waals surface area (Å²) in [6.45, 7) is 5.29. The van der Waals surface area contributed by atoms with E-state index in [1.807, 2.05) is 29.1 Å². The van der Waals surface area contributed by atoms with Crippen molar-refractivity contribution >= 4 is 5.96 Å². The van der Waals surface area contributed by atoms with Crippen LogP contribution < -0.4 is 15.4 Å². The molecule has 0 saturated heterocycles. The summed E-state index contributed by atoms with van der Waals surface area (Å²) in [5, 5.41) is 11.2. The van der Waals surface area contributed by atoms with Gasteiger partial charge in [0.1, 0.15) is 5.75 Å². The quantitative estimate of drug-likeness (QED) is 0.448. The molecule has 30 heavy (non-hydrogen) atoms. The van der Waals surface area contributed by atoms with E-state index < -0.39 is 0 Å². The van der Waals surface area contributed by atoms with Crippen LogP contribution in [0.15, 0.2) is 65.9 Å². The molecule has 156 valence electrons. The molecule has 0 amide bonds. The van der Waals surface area contributed by atoms with Crippen molar-refractivity contribution in [2.75, 3.05) is 26.2 Å². The van der Waals surface area contributed by atoms with Crippen LogP contribution in [-0.4, -0.2) is 42.0 Å². The van der Waals surface area contributed by atoms with E-state index >= 15 is 0 Å². The largest absolute Gasteiger partial charge is 0.493 e. The maximum absolute atomic E-state index is 5.58. The van der Waals surface area contributed by atoms with Crippen molar-refractivity contribution in [3.8, 4) is 11.4 Å². The van der Waals surface area contributed by atoms with E-state index in [0.29, 0.717) is 0 Å². The first-order valence-corrected chi connectivity index (χ1v) is 10.7. The van der Waals surface area contributed by atoms with E-state index in [4.69, 9.17) is 9.73 Å². The summed E-state index contributed by atoms with van der Waals surface area (Å²) < 4.78 is 7.49. The summed E-state index contributed by atoms with van der Waals surface area (Å²) in [5.74, 6) is 1.89. The van der Waals surface area contributed by atoms with Crippen LogP contribution in [0, 0.1) is 0 Å². The molecule has 3 aromatic rings. The highest BCUT2D eigenvalue weighted by atomic mass is 16.5. The van der Waals surface area contributed by atoms with Gasteiger partial charge < -0.3 is 15.4 Å². The predicted octanol–water partition coefficient (Wildman–Crippen LogP) is 3.15. The third kappa shape index (κ3) is 5.20. The zero-order chi connectivity index (χ0) is 20.6. The van der Waals surface area contributed by atoms with Crippen molar-refractivity contribution in [2.45, 2.75) is 26.2 Å². The van der Waals surface area contributed by atoms with Gasteiger partial charge in [0.15, 0.2) is 5.96 Å². The lowest BCUT2D eigenvalue weighted by Gasteiger charge is -2.11. The second-order valence-corrected chi connectivity index (χ2v) is 7.36. The Labute approximate surface area is 178 Å². The molecule has 0 radical (unpaired) electrons. The number of hydrogen-bond acceptors (Lipinski definition) is 3. The second kappa shape index (κ2) is 9.96. The van der Waals surface area contributed by atoms with E-state index in [2.05, 4.69) is 59.2 Å². The molecule has 2 N–H and O–H groups in total. The van der Waals surface area contributed by atoms with E-state index in [1.165, 1.54) is 16.7 Å². The van der Waals surface area contributed by atoms with Gasteiger partial charge in [0, 0.05) is 32.3 Å². The lowest BCUT2D eigenvalue weighted by molar-refractivity contribution is 0.357. The number of benzene rings is 2. The van der Waals surface area contributed by atoms with Crippen LogP contribution in [0.25, 0.3) is 5.69 Å². The average Bonchev–Trinajstić information content (AvgIpc) is 3.43. The van der Waals surface area contributed by atoms with E-state index in [9.17, 15) is 0 Å². The molecular weight excluding hydrogens is 374 g/mol. The molecule has 0 atom stereocenters. The highest BCUT2D eigenvalue weighted by molar-refractivity contribution is 5.79. The maximum Gasteiger partial charge on any atom is 0.191 e. The number of nitrogens with zero attached hydrogens (tertiary/aromatic N) is 3. The Morgan fingerprint density at radius 3 is 2.87 bits per heavy atom. The minimum atomic E-state index is 0.751. The van der Waals surface area contributed by atoms with E-state index in [0.717, 1.165) is 62.9 Å². The van der Waals surface area contributed by atoms with Crippen LogP contribution in [0.5, 0.6) is 5.75 Å². The SMILES string of the molecule is CCNC(=NCCc1ccc2c(c1)CCO2)NCCc1cnn(-c2ccccc2)c1. The number of ether oxygens (including phenoxy) is 1. The lowest BCUT2D eigenvalue weighted by Crippen LogP contribution is -2.38. The van der Waals surface area contributed by atoms with Gasteiger partial charge in [-0.15, -0.1) is 0 Å². The Hall–Kier alpha value is -3.28. The molecule has 0 aliphatic carbocycles. The average molecular weight is 404 g/mol. The third-order valence-electron chi connectivity index (χ3n) is 5.13. The van der Waals surface area contributed by atoms with Crippen LogP contribution in [-0.2, 0) is 19.3 Å². The number of fused-ring (bicyclic) bond motifs is 1. The molecule has 1 aliphatic heterocycles. The van der Waals surface area contributed by atoms with Crippen LogP contribution in [0.1, 0.15) is 23.6 Å². The van der Waals surface area contributed by atoms with Gasteiger partial charge in [0.25, 0.3) is 0 Å². The number of aromatic nitrogens is 2. The topological polar surface area (TPSA) is 63.5 Å². The molecule has 4 rings (SSSR count). The van der Waals surface area contributed by atoms with Gasteiger partial charge in [0.2, 0.25) is 0 Å². The summed E-state index contributed by atoms with van der Waals surface area (Å²) in [5.41, 5.74) is 4.90. The zero-order valence-electron chi connectivity index (χ0n) is 17.5. The van der Waals surface area contributed by atoms with Crippen LogP contribution in [0.2, 0.25) is 0 Å². The fraction of sp³-hybridized carbons (Fsp3) is 0.333. The first-order chi connectivity index (χ1) is 14.8. The van der Waals surface area contributed by atoms with Crippen molar-refractivity contribution < 1.29 is 4.74 Å². The normalized spacial score (nSPS) is 13.0. The van der Waals surface area contributed by atoms with Crippen molar-refractivity contribution in [2.24, 2.45) is 4.99 Å². The first-order valence-electron chi connectivity index (χ1n) is 10.7. The highest BCUT2D eigenvalue weighted by Crippen LogP contribution is 2.25. The van der Waals surface area contributed by atoms with Crippen LogP contribution in [0.4, 0.5) is 0 Å². The molecular formula is C24H29N5O. The number of aliphatic imine (C=N–C) groups is 1. The van der Waals surface area contributed by atoms with Crippen LogP contribution >= 0.6 is 0 Å². The smallest absolute Gasteiger partial charge is 0.191 e. The maximum atomic E-state index is 5.58. The summed E-state index contributed by atoms with van der Waals surface area (Å²) in [6.07, 6.45) is 6.84. The van der Waals surface area contributed by atoms with Gasteiger partial charge in [0.05, 0.1) is 18.5 Å². The molecule has 2 aromatic carbocycles. The molecule has 0 spiro atoms. The first kappa shape index (κ1) is 20.0. The van der Waals surface area contributed by atoms with Gasteiger partial charge in [-0.25, -0.2) is 4.68 Å². The van der Waals surface area contributed by atoms with Gasteiger partial charge >= 0.3 is 0 Å². The summed E-state index contributed by atoms with van der Waals surface area (Å²) >= 11 is 0. The number of para-hydroxylation sites is 1.